The van der Waals surface area contributed by atoms with Gasteiger partial charge < -0.3 is 16.2 Å². The highest BCUT2D eigenvalue weighted by molar-refractivity contribution is 6.44. The van der Waals surface area contributed by atoms with Gasteiger partial charge in [-0.2, -0.15) is 0 Å². The molecule has 0 spiro atoms. The molecule has 100 valence electrons. The number of benzene rings is 1. The number of aliphatic hydroxyl groups is 1. The highest BCUT2D eigenvalue weighted by atomic mass is 35.5. The Bertz CT molecular complexity index is 436. The highest BCUT2D eigenvalue weighted by Crippen LogP contribution is 2.28. The molecule has 4 N–H and O–H groups in total. The van der Waals surface area contributed by atoms with Gasteiger partial charge in [-0.15, -0.1) is 0 Å². The SMILES string of the molecule is CC(O)CCCNC(=O)c1cc(N)cc(Cl)c1Cl. The van der Waals surface area contributed by atoms with E-state index in [4.69, 9.17) is 34.0 Å². The molecule has 0 aromatic heterocycles. The molecule has 6 heteroatoms. The Morgan fingerprint density at radius 2 is 2.17 bits per heavy atom. The third-order valence-corrected chi connectivity index (χ3v) is 3.18. The first-order chi connectivity index (χ1) is 8.41. The van der Waals surface area contributed by atoms with Crippen LogP contribution in [0.1, 0.15) is 30.1 Å². The van der Waals surface area contributed by atoms with Crippen molar-refractivity contribution >= 4 is 34.8 Å². The van der Waals surface area contributed by atoms with Crippen molar-refractivity contribution in [1.82, 2.24) is 5.32 Å². The van der Waals surface area contributed by atoms with Crippen molar-refractivity contribution in [3.8, 4) is 0 Å². The van der Waals surface area contributed by atoms with E-state index in [1.807, 2.05) is 0 Å². The number of anilines is 1. The molecular formula is C12H16Cl2N2O2. The zero-order chi connectivity index (χ0) is 13.7. The Kier molecular flexibility index (Phi) is 5.72. The number of rotatable bonds is 5. The summed E-state index contributed by atoms with van der Waals surface area (Å²) in [4.78, 5) is 11.8. The van der Waals surface area contributed by atoms with E-state index in [1.165, 1.54) is 12.1 Å². The van der Waals surface area contributed by atoms with E-state index in [9.17, 15) is 4.79 Å². The number of nitrogen functional groups attached to an aromatic ring is 1. The molecule has 0 heterocycles. The summed E-state index contributed by atoms with van der Waals surface area (Å²) in [5.41, 5.74) is 6.25. The standard InChI is InChI=1S/C12H16Cl2N2O2/c1-7(17)3-2-4-16-12(18)9-5-8(15)6-10(13)11(9)14/h5-7,17H,2-4,15H2,1H3,(H,16,18). The van der Waals surface area contributed by atoms with E-state index in [1.54, 1.807) is 6.92 Å². The number of carbonyl (C=O) groups excluding carboxylic acids is 1. The first-order valence-corrected chi connectivity index (χ1v) is 6.38. The van der Waals surface area contributed by atoms with Crippen LogP contribution in [0.15, 0.2) is 12.1 Å². The summed E-state index contributed by atoms with van der Waals surface area (Å²) >= 11 is 11.8. The Morgan fingerprint density at radius 3 is 2.78 bits per heavy atom. The molecule has 0 saturated heterocycles. The van der Waals surface area contributed by atoms with E-state index in [0.717, 1.165) is 0 Å². The zero-order valence-corrected chi connectivity index (χ0v) is 11.6. The Morgan fingerprint density at radius 1 is 1.50 bits per heavy atom. The van der Waals surface area contributed by atoms with Crippen LogP contribution in [0.5, 0.6) is 0 Å². The number of carbonyl (C=O) groups is 1. The van der Waals surface area contributed by atoms with Gasteiger partial charge in [0, 0.05) is 12.2 Å². The van der Waals surface area contributed by atoms with Gasteiger partial charge in [0.2, 0.25) is 0 Å². The van der Waals surface area contributed by atoms with Crippen LogP contribution in [0.25, 0.3) is 0 Å². The van der Waals surface area contributed by atoms with Crippen LogP contribution in [0.4, 0.5) is 5.69 Å². The minimum Gasteiger partial charge on any atom is -0.399 e. The van der Waals surface area contributed by atoms with Crippen LogP contribution >= 0.6 is 23.2 Å². The summed E-state index contributed by atoms with van der Waals surface area (Å²) in [7, 11) is 0. The van der Waals surface area contributed by atoms with Crippen molar-refractivity contribution < 1.29 is 9.90 Å². The summed E-state index contributed by atoms with van der Waals surface area (Å²) in [6.45, 7) is 2.17. The number of halogens is 2. The Balaban J connectivity index is 2.62. The molecule has 0 radical (unpaired) electrons. The highest BCUT2D eigenvalue weighted by Gasteiger charge is 2.13. The maximum absolute atomic E-state index is 11.8. The third-order valence-electron chi connectivity index (χ3n) is 2.38. The van der Waals surface area contributed by atoms with Gasteiger partial charge >= 0.3 is 0 Å². The molecule has 4 nitrogen and oxygen atoms in total. The first kappa shape index (κ1) is 15.1. The second kappa shape index (κ2) is 6.83. The second-order valence-electron chi connectivity index (χ2n) is 4.11. The van der Waals surface area contributed by atoms with E-state index in [2.05, 4.69) is 5.32 Å². The molecule has 0 aliphatic rings. The van der Waals surface area contributed by atoms with E-state index >= 15 is 0 Å². The molecule has 1 amide bonds. The van der Waals surface area contributed by atoms with Gasteiger partial charge in [-0.3, -0.25) is 4.79 Å². The normalized spacial score (nSPS) is 12.2. The quantitative estimate of drug-likeness (QED) is 0.576. The van der Waals surface area contributed by atoms with E-state index in [-0.39, 0.29) is 27.6 Å². The lowest BCUT2D eigenvalue weighted by molar-refractivity contribution is 0.0950. The number of aliphatic hydroxyl groups excluding tert-OH is 1. The van der Waals surface area contributed by atoms with E-state index < -0.39 is 0 Å². The average Bonchev–Trinajstić information content (AvgIpc) is 2.28. The molecule has 1 unspecified atom stereocenters. The molecule has 0 aliphatic carbocycles. The van der Waals surface area contributed by atoms with Crippen LogP contribution in [-0.4, -0.2) is 23.7 Å². The first-order valence-electron chi connectivity index (χ1n) is 5.62. The van der Waals surface area contributed by atoms with Crippen LogP contribution in [-0.2, 0) is 0 Å². The Labute approximate surface area is 116 Å². The minimum atomic E-state index is -0.368. The molecule has 0 fully saturated rings. The topological polar surface area (TPSA) is 75.3 Å². The molecular weight excluding hydrogens is 275 g/mol. The van der Waals surface area contributed by atoms with Crippen LogP contribution in [0, 0.1) is 0 Å². The predicted octanol–water partition coefficient (Wildman–Crippen LogP) is 2.47. The van der Waals surface area contributed by atoms with Crippen molar-refractivity contribution in [3.63, 3.8) is 0 Å². The van der Waals surface area contributed by atoms with Gasteiger partial charge in [0.15, 0.2) is 0 Å². The van der Waals surface area contributed by atoms with Crippen molar-refractivity contribution in [2.24, 2.45) is 0 Å². The lowest BCUT2D eigenvalue weighted by Crippen LogP contribution is -2.25. The fourth-order valence-corrected chi connectivity index (χ4v) is 1.89. The van der Waals surface area contributed by atoms with Crippen LogP contribution in [0.3, 0.4) is 0 Å². The maximum Gasteiger partial charge on any atom is 0.252 e. The summed E-state index contributed by atoms with van der Waals surface area (Å²) in [5, 5.41) is 12.2. The molecule has 1 aromatic carbocycles. The number of hydrogen-bond acceptors (Lipinski definition) is 3. The Hall–Kier alpha value is -0.970. The lowest BCUT2D eigenvalue weighted by Gasteiger charge is -2.09. The molecule has 0 bridgehead atoms. The fourth-order valence-electron chi connectivity index (χ4n) is 1.47. The van der Waals surface area contributed by atoms with Crippen molar-refractivity contribution in [2.45, 2.75) is 25.9 Å². The van der Waals surface area contributed by atoms with Gasteiger partial charge in [0.25, 0.3) is 5.91 Å². The van der Waals surface area contributed by atoms with Gasteiger partial charge in [0.05, 0.1) is 21.7 Å². The monoisotopic (exact) mass is 290 g/mol. The molecule has 1 rings (SSSR count). The lowest BCUT2D eigenvalue weighted by atomic mass is 10.1. The summed E-state index contributed by atoms with van der Waals surface area (Å²) in [6, 6.07) is 2.98. The smallest absolute Gasteiger partial charge is 0.252 e. The van der Waals surface area contributed by atoms with Crippen LogP contribution < -0.4 is 11.1 Å². The third kappa shape index (κ3) is 4.37. The number of nitrogens with two attached hydrogens (primary N) is 1. The molecule has 1 atom stereocenters. The number of amides is 1. The average molecular weight is 291 g/mol. The van der Waals surface area contributed by atoms with Crippen molar-refractivity contribution in [2.75, 3.05) is 12.3 Å². The summed E-state index contributed by atoms with van der Waals surface area (Å²) in [6.07, 6.45) is 0.954. The van der Waals surface area contributed by atoms with Gasteiger partial charge in [-0.1, -0.05) is 23.2 Å². The second-order valence-corrected chi connectivity index (χ2v) is 4.90. The number of hydrogen-bond donors (Lipinski definition) is 3. The molecule has 0 saturated carbocycles. The van der Waals surface area contributed by atoms with Crippen LogP contribution in [0.2, 0.25) is 10.0 Å². The predicted molar refractivity (Wildman–Crippen MR) is 74.1 cm³/mol. The summed E-state index contributed by atoms with van der Waals surface area (Å²) < 4.78 is 0. The summed E-state index contributed by atoms with van der Waals surface area (Å²) in [5.74, 6) is -0.320. The van der Waals surface area contributed by atoms with Crippen molar-refractivity contribution in [3.05, 3.63) is 27.7 Å². The molecule has 1 aromatic rings. The largest absolute Gasteiger partial charge is 0.399 e. The molecule has 0 aliphatic heterocycles. The zero-order valence-electron chi connectivity index (χ0n) is 10.0. The van der Waals surface area contributed by atoms with Gasteiger partial charge in [-0.25, -0.2) is 0 Å². The fraction of sp³-hybridized carbons (Fsp3) is 0.417. The maximum atomic E-state index is 11.8. The van der Waals surface area contributed by atoms with Gasteiger partial charge in [-0.05, 0) is 31.9 Å². The van der Waals surface area contributed by atoms with Crippen molar-refractivity contribution in [1.29, 1.82) is 0 Å². The number of nitrogens with one attached hydrogen (secondary N) is 1. The molecule has 18 heavy (non-hydrogen) atoms. The minimum absolute atomic E-state index is 0.193. The van der Waals surface area contributed by atoms with E-state index in [0.29, 0.717) is 25.1 Å². The van der Waals surface area contributed by atoms with Gasteiger partial charge in [0.1, 0.15) is 0 Å².